The third-order valence-corrected chi connectivity index (χ3v) is 7.35. The van der Waals surface area contributed by atoms with E-state index in [4.69, 9.17) is 4.98 Å². The second-order valence-electron chi connectivity index (χ2n) is 10.3. The molecule has 36 heavy (non-hydrogen) atoms. The fourth-order valence-electron chi connectivity index (χ4n) is 5.15. The lowest BCUT2D eigenvalue weighted by Gasteiger charge is -2.34. The quantitative estimate of drug-likeness (QED) is 0.581. The highest BCUT2D eigenvalue weighted by Gasteiger charge is 2.40. The zero-order chi connectivity index (χ0) is 25.3. The fourth-order valence-corrected chi connectivity index (χ4v) is 5.15. The fraction of sp³-hybridized carbons (Fsp3) is 0.556. The van der Waals surface area contributed by atoms with Gasteiger partial charge in [0.2, 0.25) is 5.92 Å². The third kappa shape index (κ3) is 5.65. The Hall–Kier alpha value is -3.10. The first kappa shape index (κ1) is 24.6. The highest BCUT2D eigenvalue weighted by atomic mass is 19.3. The van der Waals surface area contributed by atoms with Gasteiger partial charge in [-0.3, -0.25) is 9.98 Å². The molecule has 3 fully saturated rings. The minimum atomic E-state index is -2.57. The topological polar surface area (TPSA) is 79.0 Å². The number of imidazole rings is 1. The van der Waals surface area contributed by atoms with Crippen LogP contribution in [0.15, 0.2) is 52.9 Å². The van der Waals surface area contributed by atoms with Gasteiger partial charge < -0.3 is 10.6 Å². The molecule has 2 N–H and O–H groups in total. The number of rotatable bonds is 6. The number of allylic oxidation sites excluding steroid dienone is 2. The number of hydrogen-bond donors (Lipinski definition) is 2. The van der Waals surface area contributed by atoms with E-state index in [1.807, 2.05) is 25.3 Å². The maximum atomic E-state index is 13.8. The monoisotopic (exact) mass is 495 g/mol. The first-order chi connectivity index (χ1) is 17.3. The summed E-state index contributed by atoms with van der Waals surface area (Å²) in [6.45, 7) is 11.5. The average Bonchev–Trinajstić information content (AvgIpc) is 3.21. The second kappa shape index (κ2) is 10.1. The number of aromatic nitrogens is 3. The van der Waals surface area contributed by atoms with Crippen LogP contribution in [0.5, 0.6) is 0 Å². The third-order valence-electron chi connectivity index (χ3n) is 7.35. The molecule has 0 radical (unpaired) electrons. The van der Waals surface area contributed by atoms with Crippen LogP contribution in [0.2, 0.25) is 0 Å². The van der Waals surface area contributed by atoms with E-state index in [-0.39, 0.29) is 24.8 Å². The second-order valence-corrected chi connectivity index (χ2v) is 10.3. The summed E-state index contributed by atoms with van der Waals surface area (Å²) in [5, 5.41) is 11.1. The average molecular weight is 496 g/mol. The molecule has 4 heterocycles. The molecule has 2 aromatic rings. The summed E-state index contributed by atoms with van der Waals surface area (Å²) in [5.74, 6) is -2.05. The van der Waals surface area contributed by atoms with E-state index in [2.05, 4.69) is 38.9 Å². The van der Waals surface area contributed by atoms with Crippen LogP contribution in [-0.4, -0.2) is 45.2 Å². The number of nitrogens with one attached hydrogen (secondary N) is 2. The van der Waals surface area contributed by atoms with E-state index in [1.54, 1.807) is 4.52 Å². The molecule has 2 saturated carbocycles. The lowest BCUT2D eigenvalue weighted by molar-refractivity contribution is -0.0494. The largest absolute Gasteiger partial charge is 0.389 e. The van der Waals surface area contributed by atoms with Crippen LogP contribution in [0.25, 0.3) is 5.65 Å². The zero-order valence-electron chi connectivity index (χ0n) is 20.9. The normalized spacial score (nSPS) is 22.4. The summed E-state index contributed by atoms with van der Waals surface area (Å²) < 4.78 is 29.4. The van der Waals surface area contributed by atoms with E-state index in [0.29, 0.717) is 31.1 Å². The molecule has 2 aliphatic heterocycles. The molecule has 192 valence electrons. The molecule has 0 bridgehead atoms. The van der Waals surface area contributed by atoms with Crippen LogP contribution >= 0.6 is 0 Å². The van der Waals surface area contributed by atoms with Gasteiger partial charge in [0.1, 0.15) is 12.4 Å². The van der Waals surface area contributed by atoms with Crippen molar-refractivity contribution in [3.63, 3.8) is 0 Å². The summed E-state index contributed by atoms with van der Waals surface area (Å²) in [4.78, 5) is 13.8. The van der Waals surface area contributed by atoms with Crippen LogP contribution in [0.1, 0.15) is 68.8 Å². The van der Waals surface area contributed by atoms with Crippen molar-refractivity contribution in [2.75, 3.05) is 13.2 Å². The SMILES string of the molecule is C=C(NC(c1cn2nc(C)ccc2n1)C1CCC(F)(F)CC1)C1=NCN=C1C1CC1.C=C1CCCN1. The van der Waals surface area contributed by atoms with E-state index in [0.717, 1.165) is 47.8 Å². The molecule has 1 unspecified atom stereocenters. The molecular weight excluding hydrogens is 460 g/mol. The first-order valence-electron chi connectivity index (χ1n) is 13.0. The lowest BCUT2D eigenvalue weighted by Crippen LogP contribution is -2.36. The highest BCUT2D eigenvalue weighted by Crippen LogP contribution is 2.42. The Morgan fingerprint density at radius 3 is 2.61 bits per heavy atom. The van der Waals surface area contributed by atoms with Crippen LogP contribution in [0, 0.1) is 18.8 Å². The summed E-state index contributed by atoms with van der Waals surface area (Å²) >= 11 is 0. The van der Waals surface area contributed by atoms with Crippen molar-refractivity contribution in [3.8, 4) is 0 Å². The van der Waals surface area contributed by atoms with Gasteiger partial charge in [-0.2, -0.15) is 5.10 Å². The number of halogens is 2. The van der Waals surface area contributed by atoms with E-state index in [1.165, 1.54) is 18.5 Å². The zero-order valence-corrected chi connectivity index (χ0v) is 20.9. The molecular formula is C27H35F2N7. The number of aliphatic imine (C=N–C) groups is 2. The minimum Gasteiger partial charge on any atom is -0.389 e. The van der Waals surface area contributed by atoms with Gasteiger partial charge in [-0.1, -0.05) is 13.2 Å². The predicted octanol–water partition coefficient (Wildman–Crippen LogP) is 5.15. The molecule has 4 aliphatic rings. The Morgan fingerprint density at radius 1 is 1.19 bits per heavy atom. The number of nitrogens with zero attached hydrogens (tertiary/aromatic N) is 5. The van der Waals surface area contributed by atoms with E-state index < -0.39 is 5.92 Å². The molecule has 9 heteroatoms. The van der Waals surface area contributed by atoms with Crippen LogP contribution in [0.3, 0.4) is 0 Å². The van der Waals surface area contributed by atoms with Gasteiger partial charge in [0, 0.05) is 31.0 Å². The van der Waals surface area contributed by atoms with Crippen LogP contribution in [-0.2, 0) is 0 Å². The molecule has 0 spiro atoms. The van der Waals surface area contributed by atoms with Crippen molar-refractivity contribution in [2.45, 2.75) is 70.3 Å². The van der Waals surface area contributed by atoms with Crippen molar-refractivity contribution >= 4 is 17.1 Å². The maximum absolute atomic E-state index is 13.8. The maximum Gasteiger partial charge on any atom is 0.248 e. The van der Waals surface area contributed by atoms with Gasteiger partial charge in [0.25, 0.3) is 0 Å². The lowest BCUT2D eigenvalue weighted by atomic mass is 9.81. The molecule has 2 aromatic heterocycles. The Labute approximate surface area is 210 Å². The van der Waals surface area contributed by atoms with Gasteiger partial charge in [0.05, 0.1) is 35.0 Å². The Balaban J connectivity index is 0.000000391. The highest BCUT2D eigenvalue weighted by molar-refractivity contribution is 6.50. The summed E-state index contributed by atoms with van der Waals surface area (Å²) in [7, 11) is 0. The molecule has 7 nitrogen and oxygen atoms in total. The van der Waals surface area contributed by atoms with Gasteiger partial charge >= 0.3 is 0 Å². The van der Waals surface area contributed by atoms with Crippen molar-refractivity contribution in [1.29, 1.82) is 0 Å². The van der Waals surface area contributed by atoms with Crippen LogP contribution in [0.4, 0.5) is 8.78 Å². The van der Waals surface area contributed by atoms with Crippen molar-refractivity contribution < 1.29 is 8.78 Å². The molecule has 0 aromatic carbocycles. The van der Waals surface area contributed by atoms with E-state index in [9.17, 15) is 8.78 Å². The summed E-state index contributed by atoms with van der Waals surface area (Å²) in [5.41, 5.74) is 6.22. The van der Waals surface area contributed by atoms with Gasteiger partial charge in [-0.05, 0) is 63.5 Å². The summed E-state index contributed by atoms with van der Waals surface area (Å²) in [6, 6.07) is 3.62. The van der Waals surface area contributed by atoms with Gasteiger partial charge in [0.15, 0.2) is 5.65 Å². The number of hydrogen-bond acceptors (Lipinski definition) is 6. The first-order valence-corrected chi connectivity index (χ1v) is 13.0. The molecule has 2 aliphatic carbocycles. The van der Waals surface area contributed by atoms with Gasteiger partial charge in [-0.25, -0.2) is 18.3 Å². The minimum absolute atomic E-state index is 0.0377. The number of alkyl halides is 2. The van der Waals surface area contributed by atoms with Crippen LogP contribution < -0.4 is 10.6 Å². The molecule has 6 rings (SSSR count). The van der Waals surface area contributed by atoms with Crippen molar-refractivity contribution in [3.05, 3.63) is 54.3 Å². The van der Waals surface area contributed by atoms with E-state index >= 15 is 0 Å². The molecule has 1 atom stereocenters. The smallest absolute Gasteiger partial charge is 0.248 e. The Bertz CT molecular complexity index is 1190. The van der Waals surface area contributed by atoms with Crippen molar-refractivity contribution in [1.82, 2.24) is 25.2 Å². The Kier molecular flexibility index (Phi) is 6.90. The number of fused-ring (bicyclic) bond motifs is 1. The molecule has 0 amide bonds. The number of aryl methyl sites for hydroxylation is 1. The Morgan fingerprint density at radius 2 is 1.97 bits per heavy atom. The standard InChI is InChI=1S/C22H26F2N6.C5H9N/c1-13-3-6-18-28-17(11-30(18)29-13)20(16-7-9-22(23,24)10-8-16)27-14(2)19-21(15-4-5-15)26-12-25-19;1-5-3-2-4-6-5/h3,6,11,15-16,20,27H,2,4-5,7-10,12H2,1H3;6H,1-4H2. The van der Waals surface area contributed by atoms with Crippen molar-refractivity contribution in [2.24, 2.45) is 21.8 Å². The molecule has 1 saturated heterocycles. The predicted molar refractivity (Wildman–Crippen MR) is 138 cm³/mol. The summed E-state index contributed by atoms with van der Waals surface area (Å²) in [6.07, 6.45) is 7.33. The van der Waals surface area contributed by atoms with Gasteiger partial charge in [-0.15, -0.1) is 0 Å².